The van der Waals surface area contributed by atoms with Gasteiger partial charge in [0.15, 0.2) is 0 Å². The van der Waals surface area contributed by atoms with Crippen molar-refractivity contribution in [1.29, 1.82) is 0 Å². The summed E-state index contributed by atoms with van der Waals surface area (Å²) in [7, 11) is 0. The van der Waals surface area contributed by atoms with Gasteiger partial charge in [0.2, 0.25) is 0 Å². The maximum Gasteiger partial charge on any atom is 0.338 e. The Hall–Kier alpha value is -2.35. The van der Waals surface area contributed by atoms with Gasteiger partial charge >= 0.3 is 5.97 Å². The predicted octanol–water partition coefficient (Wildman–Crippen LogP) is 4.09. The van der Waals surface area contributed by atoms with E-state index in [0.29, 0.717) is 18.6 Å². The summed E-state index contributed by atoms with van der Waals surface area (Å²) < 4.78 is 5.22. The normalized spacial score (nSPS) is 9.89. The van der Waals surface area contributed by atoms with E-state index in [1.54, 1.807) is 12.1 Å². The minimum absolute atomic E-state index is 0.290. The van der Waals surface area contributed by atoms with Crippen molar-refractivity contribution in [2.24, 2.45) is 0 Å². The summed E-state index contributed by atoms with van der Waals surface area (Å²) in [6.07, 6.45) is 2.40. The van der Waals surface area contributed by atoms with Crippen molar-refractivity contribution in [3.63, 3.8) is 0 Å². The minimum atomic E-state index is -0.290. The van der Waals surface area contributed by atoms with Crippen LogP contribution >= 0.6 is 0 Å². The first-order valence-electron chi connectivity index (χ1n) is 6.25. The Kier molecular flexibility index (Phi) is 4.51. The van der Waals surface area contributed by atoms with Crippen LogP contribution in [-0.2, 0) is 4.74 Å². The summed E-state index contributed by atoms with van der Waals surface area (Å²) in [5, 5.41) is 0. The summed E-state index contributed by atoms with van der Waals surface area (Å²) in [4.78, 5) is 12.1. The van der Waals surface area contributed by atoms with Crippen molar-refractivity contribution in [3.05, 3.63) is 72.8 Å². The van der Waals surface area contributed by atoms with Crippen molar-refractivity contribution in [3.8, 4) is 11.1 Å². The molecule has 0 N–H and O–H groups in total. The Balaban J connectivity index is 2.26. The first-order chi connectivity index (χ1) is 9.33. The van der Waals surface area contributed by atoms with Crippen LogP contribution in [-0.4, -0.2) is 12.6 Å². The van der Waals surface area contributed by atoms with E-state index in [2.05, 4.69) is 6.58 Å². The lowest BCUT2D eigenvalue weighted by Crippen LogP contribution is -2.07. The van der Waals surface area contributed by atoms with Gasteiger partial charge in [-0.1, -0.05) is 54.6 Å². The molecule has 2 heteroatoms. The highest BCUT2D eigenvalue weighted by molar-refractivity contribution is 5.97. The molecule has 96 valence electrons. The maximum atomic E-state index is 12.1. The fraction of sp³-hybridized carbons (Fsp3) is 0.118. The highest BCUT2D eigenvalue weighted by atomic mass is 16.5. The third kappa shape index (κ3) is 3.32. The third-order valence-electron chi connectivity index (χ3n) is 2.79. The zero-order valence-electron chi connectivity index (χ0n) is 10.7. The molecular weight excluding hydrogens is 236 g/mol. The first kappa shape index (κ1) is 13.1. The third-order valence-corrected chi connectivity index (χ3v) is 2.79. The zero-order valence-corrected chi connectivity index (χ0v) is 10.7. The number of ether oxygens (including phenoxy) is 1. The molecule has 0 spiro atoms. The fourth-order valence-electron chi connectivity index (χ4n) is 1.84. The van der Waals surface area contributed by atoms with Crippen molar-refractivity contribution in [1.82, 2.24) is 0 Å². The molecule has 0 aliphatic carbocycles. The number of rotatable bonds is 5. The summed E-state index contributed by atoms with van der Waals surface area (Å²) in [6, 6.07) is 17.3. The van der Waals surface area contributed by atoms with E-state index < -0.39 is 0 Å². The second-order valence-electron chi connectivity index (χ2n) is 4.12. The number of hydrogen-bond acceptors (Lipinski definition) is 2. The molecule has 19 heavy (non-hydrogen) atoms. The molecule has 0 aliphatic rings. The number of carbonyl (C=O) groups excluding carboxylic acids is 1. The quantitative estimate of drug-likeness (QED) is 0.455. The van der Waals surface area contributed by atoms with Crippen LogP contribution < -0.4 is 0 Å². The van der Waals surface area contributed by atoms with E-state index >= 15 is 0 Å². The van der Waals surface area contributed by atoms with E-state index in [1.165, 1.54) is 0 Å². The summed E-state index contributed by atoms with van der Waals surface area (Å²) >= 11 is 0. The maximum absolute atomic E-state index is 12.1. The molecule has 0 bridgehead atoms. The Labute approximate surface area is 113 Å². The lowest BCUT2D eigenvalue weighted by atomic mass is 10.00. The Morgan fingerprint density at radius 1 is 1.05 bits per heavy atom. The number of hydrogen-bond donors (Lipinski definition) is 0. The molecule has 2 aromatic rings. The lowest BCUT2D eigenvalue weighted by Gasteiger charge is -2.09. The summed E-state index contributed by atoms with van der Waals surface area (Å²) in [5.41, 5.74) is 2.50. The summed E-state index contributed by atoms with van der Waals surface area (Å²) in [6.45, 7) is 3.97. The van der Waals surface area contributed by atoms with Crippen LogP contribution in [0.5, 0.6) is 0 Å². The lowest BCUT2D eigenvalue weighted by molar-refractivity contribution is 0.0512. The van der Waals surface area contributed by atoms with Crippen LogP contribution in [0.2, 0.25) is 0 Å². The number of esters is 1. The van der Waals surface area contributed by atoms with Gasteiger partial charge in [-0.05, 0) is 23.6 Å². The molecule has 2 nitrogen and oxygen atoms in total. The largest absolute Gasteiger partial charge is 0.462 e. The molecule has 0 fully saturated rings. The van der Waals surface area contributed by atoms with Gasteiger partial charge in [0, 0.05) is 0 Å². The molecule has 0 heterocycles. The van der Waals surface area contributed by atoms with Crippen LogP contribution in [0.25, 0.3) is 11.1 Å². The second-order valence-corrected chi connectivity index (χ2v) is 4.12. The van der Waals surface area contributed by atoms with Gasteiger partial charge < -0.3 is 4.74 Å². The average Bonchev–Trinajstić information content (AvgIpc) is 2.48. The molecule has 2 rings (SSSR count). The molecule has 0 aromatic heterocycles. The molecular formula is C17H16O2. The van der Waals surface area contributed by atoms with Gasteiger partial charge in [-0.15, -0.1) is 6.58 Å². The highest BCUT2D eigenvalue weighted by Gasteiger charge is 2.12. The molecule has 0 radical (unpaired) electrons. The van der Waals surface area contributed by atoms with Gasteiger partial charge in [-0.2, -0.15) is 0 Å². The minimum Gasteiger partial charge on any atom is -0.462 e. The first-order valence-corrected chi connectivity index (χ1v) is 6.25. The van der Waals surface area contributed by atoms with E-state index in [0.717, 1.165) is 11.1 Å². The predicted molar refractivity (Wildman–Crippen MR) is 77.0 cm³/mol. The molecule has 2 aromatic carbocycles. The molecule has 0 saturated heterocycles. The number of benzene rings is 2. The van der Waals surface area contributed by atoms with Crippen LogP contribution in [0.1, 0.15) is 16.8 Å². The van der Waals surface area contributed by atoms with Crippen molar-refractivity contribution < 1.29 is 9.53 Å². The van der Waals surface area contributed by atoms with Crippen molar-refractivity contribution in [2.45, 2.75) is 6.42 Å². The fourth-order valence-corrected chi connectivity index (χ4v) is 1.84. The van der Waals surface area contributed by atoms with Crippen LogP contribution in [0.3, 0.4) is 0 Å². The van der Waals surface area contributed by atoms with Crippen molar-refractivity contribution in [2.75, 3.05) is 6.61 Å². The monoisotopic (exact) mass is 252 g/mol. The Morgan fingerprint density at radius 3 is 2.47 bits per heavy atom. The van der Waals surface area contributed by atoms with Gasteiger partial charge in [-0.25, -0.2) is 4.79 Å². The second kappa shape index (κ2) is 6.55. The van der Waals surface area contributed by atoms with Crippen molar-refractivity contribution >= 4 is 5.97 Å². The van der Waals surface area contributed by atoms with Crippen LogP contribution in [0.15, 0.2) is 67.3 Å². The zero-order chi connectivity index (χ0) is 13.5. The standard InChI is InChI=1S/C17H16O2/c1-2-3-13-19-17(18)16-12-8-7-11-15(16)14-9-5-4-6-10-14/h2,4-12H,1,3,13H2. The van der Waals surface area contributed by atoms with E-state index in [4.69, 9.17) is 4.74 Å². The average molecular weight is 252 g/mol. The Bertz CT molecular complexity index is 558. The Morgan fingerprint density at radius 2 is 1.74 bits per heavy atom. The SMILES string of the molecule is C=CCCOC(=O)c1ccccc1-c1ccccc1. The molecule has 0 atom stereocenters. The van der Waals surface area contributed by atoms with Gasteiger partial charge in [-0.3, -0.25) is 0 Å². The topological polar surface area (TPSA) is 26.3 Å². The van der Waals surface area contributed by atoms with Gasteiger partial charge in [0.1, 0.15) is 0 Å². The molecule has 0 aliphatic heterocycles. The van der Waals surface area contributed by atoms with E-state index in [1.807, 2.05) is 48.5 Å². The van der Waals surface area contributed by atoms with E-state index in [9.17, 15) is 4.79 Å². The molecule has 0 amide bonds. The van der Waals surface area contributed by atoms with Crippen LogP contribution in [0.4, 0.5) is 0 Å². The summed E-state index contributed by atoms with van der Waals surface area (Å²) in [5.74, 6) is -0.290. The van der Waals surface area contributed by atoms with Gasteiger partial charge in [0.05, 0.1) is 12.2 Å². The molecule has 0 saturated carbocycles. The molecule has 0 unspecified atom stereocenters. The number of carbonyl (C=O) groups is 1. The smallest absolute Gasteiger partial charge is 0.338 e. The van der Waals surface area contributed by atoms with Gasteiger partial charge in [0.25, 0.3) is 0 Å². The highest BCUT2D eigenvalue weighted by Crippen LogP contribution is 2.23. The van der Waals surface area contributed by atoms with Crippen LogP contribution in [0, 0.1) is 0 Å². The van der Waals surface area contributed by atoms with E-state index in [-0.39, 0.29) is 5.97 Å².